The Labute approximate surface area is 248 Å². The van der Waals surface area contributed by atoms with Crippen LogP contribution in [-0.4, -0.2) is 0 Å². The molecule has 0 atom stereocenters. The fourth-order valence-corrected chi connectivity index (χ4v) is 7.39. The molecule has 1 aliphatic heterocycles. The van der Waals surface area contributed by atoms with E-state index >= 15 is 0 Å². The van der Waals surface area contributed by atoms with Crippen LogP contribution in [0.15, 0.2) is 146 Å². The monoisotopic (exact) mass is 544 g/mol. The Morgan fingerprint density at radius 3 is 1.79 bits per heavy atom. The molecule has 0 bridgehead atoms. The van der Waals surface area contributed by atoms with Gasteiger partial charge in [0, 0.05) is 10.9 Å². The minimum absolute atomic E-state index is 0.903. The number of hydrogen-bond donors (Lipinski definition) is 0. The molecule has 0 saturated carbocycles. The lowest BCUT2D eigenvalue weighted by molar-refractivity contribution is 0.487. The molecule has 0 radical (unpaired) electrons. The molecule has 1 aliphatic rings. The van der Waals surface area contributed by atoms with E-state index in [9.17, 15) is 0 Å². The van der Waals surface area contributed by atoms with Crippen LogP contribution in [0.1, 0.15) is 0 Å². The lowest BCUT2D eigenvalue weighted by atomic mass is 9.87. The van der Waals surface area contributed by atoms with Crippen molar-refractivity contribution in [3.8, 4) is 44.9 Å². The van der Waals surface area contributed by atoms with E-state index in [2.05, 4.69) is 146 Å². The van der Waals surface area contributed by atoms with Crippen LogP contribution >= 0.6 is 0 Å². The summed E-state index contributed by atoms with van der Waals surface area (Å²) in [4.78, 5) is 0. The van der Waals surface area contributed by atoms with Crippen molar-refractivity contribution in [1.29, 1.82) is 0 Å². The van der Waals surface area contributed by atoms with E-state index in [-0.39, 0.29) is 0 Å². The zero-order valence-corrected chi connectivity index (χ0v) is 23.3. The van der Waals surface area contributed by atoms with Crippen molar-refractivity contribution in [3.05, 3.63) is 146 Å². The predicted octanol–water partition coefficient (Wildman–Crippen LogP) is 12.0. The second-order valence-corrected chi connectivity index (χ2v) is 11.7. The van der Waals surface area contributed by atoms with Crippen LogP contribution in [0.25, 0.3) is 87.2 Å². The Balaban J connectivity index is 1.18. The van der Waals surface area contributed by atoms with Gasteiger partial charge >= 0.3 is 0 Å². The second-order valence-electron chi connectivity index (χ2n) is 11.7. The first-order valence-corrected chi connectivity index (χ1v) is 14.8. The van der Waals surface area contributed by atoms with E-state index in [0.717, 1.165) is 17.1 Å². The Bertz CT molecular complexity index is 2570. The summed E-state index contributed by atoms with van der Waals surface area (Å²) in [7, 11) is 0. The molecule has 9 aromatic carbocycles. The van der Waals surface area contributed by atoms with Crippen molar-refractivity contribution in [2.75, 3.05) is 0 Å². The van der Waals surface area contributed by atoms with Crippen molar-refractivity contribution >= 4 is 53.9 Å². The first kappa shape index (κ1) is 23.0. The summed E-state index contributed by atoms with van der Waals surface area (Å²) in [6.07, 6.45) is 0. The van der Waals surface area contributed by atoms with E-state index in [0.29, 0.717) is 0 Å². The second kappa shape index (κ2) is 8.44. The first-order valence-electron chi connectivity index (χ1n) is 14.8. The van der Waals surface area contributed by atoms with Gasteiger partial charge in [0.2, 0.25) is 0 Å². The lowest BCUT2D eigenvalue weighted by Crippen LogP contribution is -1.98. The molecule has 0 fully saturated rings. The van der Waals surface area contributed by atoms with Crippen molar-refractivity contribution in [2.45, 2.75) is 0 Å². The smallest absolute Gasteiger partial charge is 0.135 e. The molecule has 198 valence electrons. The Morgan fingerprint density at radius 2 is 0.907 bits per heavy atom. The first-order chi connectivity index (χ1) is 21.3. The molecular formula is C42H24O. The van der Waals surface area contributed by atoms with Crippen molar-refractivity contribution in [1.82, 2.24) is 0 Å². The van der Waals surface area contributed by atoms with Crippen LogP contribution < -0.4 is 4.74 Å². The van der Waals surface area contributed by atoms with Gasteiger partial charge in [0.25, 0.3) is 0 Å². The largest absolute Gasteiger partial charge is 0.456 e. The Kier molecular flexibility index (Phi) is 4.51. The fraction of sp³-hybridized carbons (Fsp3) is 0. The summed E-state index contributed by atoms with van der Waals surface area (Å²) in [5.41, 5.74) is 7.24. The van der Waals surface area contributed by atoms with Gasteiger partial charge in [0.1, 0.15) is 11.5 Å². The van der Waals surface area contributed by atoms with Crippen LogP contribution in [0, 0.1) is 0 Å². The van der Waals surface area contributed by atoms with E-state index in [1.807, 2.05) is 0 Å². The molecule has 0 spiro atoms. The van der Waals surface area contributed by atoms with Gasteiger partial charge in [-0.25, -0.2) is 0 Å². The molecule has 1 heteroatoms. The maximum atomic E-state index is 6.58. The van der Waals surface area contributed by atoms with Gasteiger partial charge in [-0.05, 0) is 101 Å². The molecule has 0 N–H and O–H groups in total. The highest BCUT2D eigenvalue weighted by molar-refractivity contribution is 6.25. The minimum atomic E-state index is 0.903. The van der Waals surface area contributed by atoms with Crippen LogP contribution in [0.2, 0.25) is 0 Å². The third-order valence-corrected chi connectivity index (χ3v) is 9.39. The summed E-state index contributed by atoms with van der Waals surface area (Å²) >= 11 is 0. The maximum Gasteiger partial charge on any atom is 0.135 e. The van der Waals surface area contributed by atoms with Gasteiger partial charge in [0.15, 0.2) is 0 Å². The zero-order valence-electron chi connectivity index (χ0n) is 23.3. The van der Waals surface area contributed by atoms with Gasteiger partial charge in [-0.2, -0.15) is 0 Å². The molecule has 0 aliphatic carbocycles. The fourth-order valence-electron chi connectivity index (χ4n) is 7.39. The molecule has 0 aromatic heterocycles. The molecule has 10 rings (SSSR count). The van der Waals surface area contributed by atoms with E-state index in [1.54, 1.807) is 0 Å². The van der Waals surface area contributed by atoms with Gasteiger partial charge in [-0.3, -0.25) is 0 Å². The number of fused-ring (bicyclic) bond motifs is 3. The standard InChI is InChI=1S/C42H24O/c1-2-6-29-23-30(14-11-25(29)5-1)33-20-22-39-42-34(33)9-4-10-35(42)37-24-31(17-21-38(37)43-39)32-18-15-28-13-12-26-7-3-8-27-16-19-36(32)41(28)40(26)27/h1-24H. The van der Waals surface area contributed by atoms with Gasteiger partial charge < -0.3 is 4.74 Å². The Hall–Kier alpha value is -5.66. The molecule has 43 heavy (non-hydrogen) atoms. The molecule has 0 amide bonds. The highest BCUT2D eigenvalue weighted by Gasteiger charge is 2.23. The molecule has 0 saturated heterocycles. The number of hydrogen-bond acceptors (Lipinski definition) is 1. The van der Waals surface area contributed by atoms with Crippen LogP contribution in [0.3, 0.4) is 0 Å². The van der Waals surface area contributed by atoms with Crippen LogP contribution in [0.4, 0.5) is 0 Å². The Morgan fingerprint density at radius 1 is 0.302 bits per heavy atom. The molecule has 1 nitrogen and oxygen atoms in total. The number of rotatable bonds is 2. The number of benzene rings is 9. The SMILES string of the molecule is c1ccc2cc(-c3ccc4c5c(cccc35)-c3cc(-c5ccc6ccc7cccc8ccc5c6c78)ccc3O4)ccc2c1. The zero-order chi connectivity index (χ0) is 28.1. The summed E-state index contributed by atoms with van der Waals surface area (Å²) in [5.74, 6) is 1.82. The summed E-state index contributed by atoms with van der Waals surface area (Å²) in [6.45, 7) is 0. The average Bonchev–Trinajstić information content (AvgIpc) is 3.07. The topological polar surface area (TPSA) is 9.23 Å². The van der Waals surface area contributed by atoms with Gasteiger partial charge in [-0.15, -0.1) is 0 Å². The summed E-state index contributed by atoms with van der Waals surface area (Å²) in [5, 5.41) is 12.7. The van der Waals surface area contributed by atoms with Gasteiger partial charge in [-0.1, -0.05) is 121 Å². The van der Waals surface area contributed by atoms with Crippen molar-refractivity contribution in [3.63, 3.8) is 0 Å². The van der Waals surface area contributed by atoms with E-state index in [1.165, 1.54) is 81.7 Å². The van der Waals surface area contributed by atoms with E-state index < -0.39 is 0 Å². The van der Waals surface area contributed by atoms with Crippen molar-refractivity contribution in [2.24, 2.45) is 0 Å². The highest BCUT2D eigenvalue weighted by Crippen LogP contribution is 2.50. The quantitative estimate of drug-likeness (QED) is 0.197. The molecule has 0 unspecified atom stereocenters. The number of ether oxygens (including phenoxy) is 1. The maximum absolute atomic E-state index is 6.58. The predicted molar refractivity (Wildman–Crippen MR) is 182 cm³/mol. The van der Waals surface area contributed by atoms with Crippen LogP contribution in [0.5, 0.6) is 11.5 Å². The normalized spacial score (nSPS) is 12.4. The average molecular weight is 545 g/mol. The summed E-state index contributed by atoms with van der Waals surface area (Å²) in [6, 6.07) is 53.1. The molecular weight excluding hydrogens is 520 g/mol. The van der Waals surface area contributed by atoms with Crippen molar-refractivity contribution < 1.29 is 4.74 Å². The molecule has 9 aromatic rings. The lowest BCUT2D eigenvalue weighted by Gasteiger charge is -2.23. The third-order valence-electron chi connectivity index (χ3n) is 9.39. The van der Waals surface area contributed by atoms with Crippen LogP contribution in [-0.2, 0) is 0 Å². The van der Waals surface area contributed by atoms with E-state index in [4.69, 9.17) is 4.74 Å². The minimum Gasteiger partial charge on any atom is -0.456 e. The summed E-state index contributed by atoms with van der Waals surface area (Å²) < 4.78 is 6.58. The highest BCUT2D eigenvalue weighted by atomic mass is 16.5. The van der Waals surface area contributed by atoms with Gasteiger partial charge in [0.05, 0.1) is 0 Å². The third kappa shape index (κ3) is 3.22. The molecule has 1 heterocycles.